The van der Waals surface area contributed by atoms with Crippen LogP contribution >= 0.6 is 0 Å². The summed E-state index contributed by atoms with van der Waals surface area (Å²) in [5, 5.41) is 5.43. The average Bonchev–Trinajstić information content (AvgIpc) is 2.26. The molecule has 16 heavy (non-hydrogen) atoms. The summed E-state index contributed by atoms with van der Waals surface area (Å²) in [5.41, 5.74) is 0. The summed E-state index contributed by atoms with van der Waals surface area (Å²) in [4.78, 5) is 16.4. The van der Waals surface area contributed by atoms with Crippen molar-refractivity contribution >= 4 is 11.8 Å². The predicted octanol–water partition coefficient (Wildman–Crippen LogP) is 0.904. The number of halogens is 1. The van der Waals surface area contributed by atoms with Crippen molar-refractivity contribution in [1.82, 2.24) is 15.2 Å². The Morgan fingerprint density at radius 2 is 2.25 bits per heavy atom. The molecule has 1 aromatic rings. The van der Waals surface area contributed by atoms with Gasteiger partial charge in [0.25, 0.3) is 0 Å². The molecule has 0 spiro atoms. The topological polar surface area (TPSA) is 57.3 Å². The first-order valence-corrected chi connectivity index (χ1v) is 4.91. The van der Waals surface area contributed by atoms with Crippen LogP contribution < -0.4 is 10.6 Å². The molecule has 0 fully saturated rings. The molecule has 0 bridgehead atoms. The summed E-state index contributed by atoms with van der Waals surface area (Å²) in [6.07, 6.45) is 1.50. The molecule has 6 heteroatoms. The van der Waals surface area contributed by atoms with Crippen molar-refractivity contribution in [3.05, 3.63) is 24.1 Å². The fraction of sp³-hybridized carbons (Fsp3) is 0.400. The summed E-state index contributed by atoms with van der Waals surface area (Å²) in [6.45, 7) is 0.834. The van der Waals surface area contributed by atoms with Crippen LogP contribution in [0.3, 0.4) is 0 Å². The molecule has 1 heterocycles. The van der Waals surface area contributed by atoms with Crippen LogP contribution in [0.5, 0.6) is 0 Å². The lowest BCUT2D eigenvalue weighted by molar-refractivity contribution is 0.218. The smallest absolute Gasteiger partial charge is 0.316 e. The SMILES string of the molecule is CN(C)C(=O)NCCNc1ncccc1F. The van der Waals surface area contributed by atoms with Crippen LogP contribution in [-0.4, -0.2) is 43.1 Å². The van der Waals surface area contributed by atoms with Crippen LogP contribution in [0.15, 0.2) is 18.3 Å². The number of nitrogens with one attached hydrogen (secondary N) is 2. The number of urea groups is 1. The van der Waals surface area contributed by atoms with E-state index in [9.17, 15) is 9.18 Å². The third-order valence-electron chi connectivity index (χ3n) is 1.86. The molecule has 0 aliphatic carbocycles. The fourth-order valence-electron chi connectivity index (χ4n) is 1.02. The van der Waals surface area contributed by atoms with Gasteiger partial charge in [-0.25, -0.2) is 14.2 Å². The van der Waals surface area contributed by atoms with Crippen molar-refractivity contribution in [2.75, 3.05) is 32.5 Å². The van der Waals surface area contributed by atoms with Crippen molar-refractivity contribution in [3.63, 3.8) is 0 Å². The van der Waals surface area contributed by atoms with Crippen LogP contribution in [0.2, 0.25) is 0 Å². The first-order chi connectivity index (χ1) is 7.61. The first-order valence-electron chi connectivity index (χ1n) is 4.91. The number of aromatic nitrogens is 1. The van der Waals surface area contributed by atoms with Crippen molar-refractivity contribution in [2.24, 2.45) is 0 Å². The molecule has 1 aromatic heterocycles. The highest BCUT2D eigenvalue weighted by Gasteiger charge is 2.02. The normalized spacial score (nSPS) is 9.69. The zero-order valence-electron chi connectivity index (χ0n) is 9.33. The Balaban J connectivity index is 2.26. The maximum Gasteiger partial charge on any atom is 0.316 e. The predicted molar refractivity (Wildman–Crippen MR) is 59.8 cm³/mol. The van der Waals surface area contributed by atoms with Crippen LogP contribution in [0.1, 0.15) is 0 Å². The molecular weight excluding hydrogens is 211 g/mol. The maximum atomic E-state index is 13.1. The minimum absolute atomic E-state index is 0.178. The molecule has 0 aliphatic rings. The second-order valence-corrected chi connectivity index (χ2v) is 3.39. The highest BCUT2D eigenvalue weighted by molar-refractivity contribution is 5.73. The van der Waals surface area contributed by atoms with E-state index in [1.807, 2.05) is 0 Å². The zero-order chi connectivity index (χ0) is 12.0. The van der Waals surface area contributed by atoms with Gasteiger partial charge in [0.15, 0.2) is 11.6 Å². The van der Waals surface area contributed by atoms with Gasteiger partial charge < -0.3 is 15.5 Å². The first kappa shape index (κ1) is 12.2. The highest BCUT2D eigenvalue weighted by atomic mass is 19.1. The molecule has 2 amide bonds. The van der Waals surface area contributed by atoms with Crippen LogP contribution in [0, 0.1) is 5.82 Å². The van der Waals surface area contributed by atoms with E-state index in [0.717, 1.165) is 0 Å². The number of pyridine rings is 1. The fourth-order valence-corrected chi connectivity index (χ4v) is 1.02. The molecule has 5 nitrogen and oxygen atoms in total. The minimum atomic E-state index is -0.401. The van der Waals surface area contributed by atoms with Crippen LogP contribution in [0.25, 0.3) is 0 Å². The van der Waals surface area contributed by atoms with Gasteiger partial charge in [-0.05, 0) is 12.1 Å². The summed E-state index contributed by atoms with van der Waals surface area (Å²) in [6, 6.07) is 2.67. The van der Waals surface area contributed by atoms with Gasteiger partial charge >= 0.3 is 6.03 Å². The Kier molecular flexibility index (Phi) is 4.50. The van der Waals surface area contributed by atoms with Gasteiger partial charge in [0.05, 0.1) is 0 Å². The van der Waals surface area contributed by atoms with E-state index in [0.29, 0.717) is 13.1 Å². The van der Waals surface area contributed by atoms with E-state index in [1.54, 1.807) is 14.1 Å². The number of nitrogens with zero attached hydrogens (tertiary/aromatic N) is 2. The number of hydrogen-bond donors (Lipinski definition) is 2. The summed E-state index contributed by atoms with van der Waals surface area (Å²) < 4.78 is 13.1. The van der Waals surface area contributed by atoms with Gasteiger partial charge in [-0.3, -0.25) is 0 Å². The average molecular weight is 226 g/mol. The van der Waals surface area contributed by atoms with E-state index in [2.05, 4.69) is 15.6 Å². The van der Waals surface area contributed by atoms with Crippen LogP contribution in [0.4, 0.5) is 15.0 Å². The van der Waals surface area contributed by atoms with Gasteiger partial charge in [-0.1, -0.05) is 0 Å². The molecule has 0 atom stereocenters. The number of rotatable bonds is 4. The minimum Gasteiger partial charge on any atom is -0.366 e. The van der Waals surface area contributed by atoms with Crippen molar-refractivity contribution < 1.29 is 9.18 Å². The van der Waals surface area contributed by atoms with Gasteiger partial charge in [0, 0.05) is 33.4 Å². The van der Waals surface area contributed by atoms with Crippen molar-refractivity contribution in [1.29, 1.82) is 0 Å². The molecule has 2 N–H and O–H groups in total. The van der Waals surface area contributed by atoms with Gasteiger partial charge in [0.2, 0.25) is 0 Å². The molecule has 88 valence electrons. The molecule has 0 aliphatic heterocycles. The van der Waals surface area contributed by atoms with E-state index < -0.39 is 5.82 Å². The molecule has 1 rings (SSSR count). The molecule has 0 unspecified atom stereocenters. The second-order valence-electron chi connectivity index (χ2n) is 3.39. The lowest BCUT2D eigenvalue weighted by Gasteiger charge is -2.12. The Hall–Kier alpha value is -1.85. The van der Waals surface area contributed by atoms with Crippen molar-refractivity contribution in [2.45, 2.75) is 0 Å². The van der Waals surface area contributed by atoms with Gasteiger partial charge in [0.1, 0.15) is 0 Å². The Bertz CT molecular complexity index is 356. The van der Waals surface area contributed by atoms with Crippen LogP contribution in [-0.2, 0) is 0 Å². The maximum absolute atomic E-state index is 13.1. The van der Waals surface area contributed by atoms with Gasteiger partial charge in [-0.2, -0.15) is 0 Å². The Morgan fingerprint density at radius 3 is 2.88 bits per heavy atom. The Labute approximate surface area is 93.7 Å². The van der Waals surface area contributed by atoms with E-state index in [1.165, 1.54) is 23.2 Å². The summed E-state index contributed by atoms with van der Waals surface area (Å²) >= 11 is 0. The van der Waals surface area contributed by atoms with Gasteiger partial charge in [-0.15, -0.1) is 0 Å². The number of carbonyl (C=O) groups excluding carboxylic acids is 1. The monoisotopic (exact) mass is 226 g/mol. The molecule has 0 saturated heterocycles. The largest absolute Gasteiger partial charge is 0.366 e. The molecule has 0 saturated carbocycles. The standard InChI is InChI=1S/C10H15FN4O/c1-15(2)10(16)14-7-6-13-9-8(11)4-3-5-12-9/h3-5H,6-7H2,1-2H3,(H,12,13)(H,14,16). The second kappa shape index (κ2) is 5.89. The number of anilines is 1. The number of hydrogen-bond acceptors (Lipinski definition) is 3. The van der Waals surface area contributed by atoms with Crippen molar-refractivity contribution in [3.8, 4) is 0 Å². The summed E-state index contributed by atoms with van der Waals surface area (Å²) in [7, 11) is 3.31. The number of amides is 2. The van der Waals surface area contributed by atoms with E-state index in [-0.39, 0.29) is 11.8 Å². The summed E-state index contributed by atoms with van der Waals surface area (Å²) in [5.74, 6) is -0.206. The number of carbonyl (C=O) groups is 1. The molecule has 0 radical (unpaired) electrons. The third kappa shape index (κ3) is 3.72. The lowest BCUT2D eigenvalue weighted by atomic mass is 10.4. The van der Waals surface area contributed by atoms with E-state index in [4.69, 9.17) is 0 Å². The molecule has 0 aromatic carbocycles. The Morgan fingerprint density at radius 1 is 1.50 bits per heavy atom. The third-order valence-corrected chi connectivity index (χ3v) is 1.86. The van der Waals surface area contributed by atoms with E-state index >= 15 is 0 Å². The zero-order valence-corrected chi connectivity index (χ0v) is 9.33. The molecular formula is C10H15FN4O. The quantitative estimate of drug-likeness (QED) is 0.750. The lowest BCUT2D eigenvalue weighted by Crippen LogP contribution is -2.37. The highest BCUT2D eigenvalue weighted by Crippen LogP contribution is 2.06.